The number of amides is 2. The second-order valence-corrected chi connectivity index (χ2v) is 6.21. The van der Waals surface area contributed by atoms with Crippen LogP contribution in [0.25, 0.3) is 11.5 Å². The minimum absolute atomic E-state index is 0.0125. The Kier molecular flexibility index (Phi) is 6.06. The molecular weight excluding hydrogens is 398 g/mol. The predicted molar refractivity (Wildman–Crippen MR) is 104 cm³/mol. The molecule has 3 rings (SSSR count). The molecule has 9 nitrogen and oxygen atoms in total. The van der Waals surface area contributed by atoms with Crippen molar-refractivity contribution >= 4 is 29.1 Å². The number of benzene rings is 1. The Hall–Kier alpha value is -3.90. The molecule has 2 amide bonds. The van der Waals surface area contributed by atoms with Crippen molar-refractivity contribution in [3.63, 3.8) is 0 Å². The Morgan fingerprint density at radius 1 is 1.21 bits per heavy atom. The highest BCUT2D eigenvalue weighted by Crippen LogP contribution is 2.20. The van der Waals surface area contributed by atoms with Crippen molar-refractivity contribution in [1.29, 1.82) is 5.26 Å². The fourth-order valence-electron chi connectivity index (χ4n) is 2.42. The number of halogens is 1. The Morgan fingerprint density at radius 2 is 2.03 bits per heavy atom. The Balaban J connectivity index is 1.60. The summed E-state index contributed by atoms with van der Waals surface area (Å²) in [4.78, 5) is 36.0. The SMILES string of the molecule is N#Cc1ccc(Cl)cc1NC(=O)C(=O)NCCn1nc(-c2ccco2)ccc1=O. The number of anilines is 1. The fraction of sp³-hybridized carbons (Fsp3) is 0.105. The highest BCUT2D eigenvalue weighted by atomic mass is 35.5. The van der Waals surface area contributed by atoms with E-state index in [1.165, 1.54) is 36.6 Å². The topological polar surface area (TPSA) is 130 Å². The first kappa shape index (κ1) is 19.9. The summed E-state index contributed by atoms with van der Waals surface area (Å²) in [6, 6.07) is 12.5. The molecule has 0 spiro atoms. The van der Waals surface area contributed by atoms with Crippen molar-refractivity contribution < 1.29 is 14.0 Å². The molecule has 2 heterocycles. The van der Waals surface area contributed by atoms with Crippen molar-refractivity contribution in [1.82, 2.24) is 15.1 Å². The Morgan fingerprint density at radius 3 is 2.76 bits per heavy atom. The second kappa shape index (κ2) is 8.86. The highest BCUT2D eigenvalue weighted by Gasteiger charge is 2.15. The average Bonchev–Trinajstić information content (AvgIpc) is 3.24. The minimum atomic E-state index is -0.964. The lowest BCUT2D eigenvalue weighted by Gasteiger charge is -2.09. The van der Waals surface area contributed by atoms with Gasteiger partial charge in [0.2, 0.25) is 0 Å². The van der Waals surface area contributed by atoms with Gasteiger partial charge in [-0.1, -0.05) is 11.6 Å². The van der Waals surface area contributed by atoms with Crippen LogP contribution in [0.4, 0.5) is 5.69 Å². The van der Waals surface area contributed by atoms with Gasteiger partial charge < -0.3 is 15.1 Å². The highest BCUT2D eigenvalue weighted by molar-refractivity contribution is 6.40. The van der Waals surface area contributed by atoms with E-state index in [4.69, 9.17) is 21.3 Å². The van der Waals surface area contributed by atoms with Crippen molar-refractivity contribution in [2.24, 2.45) is 0 Å². The normalized spacial score (nSPS) is 10.2. The number of aromatic nitrogens is 2. The summed E-state index contributed by atoms with van der Waals surface area (Å²) in [5.74, 6) is -1.39. The molecule has 29 heavy (non-hydrogen) atoms. The molecular formula is C19H14ClN5O4. The molecule has 1 aromatic carbocycles. The molecule has 2 aromatic heterocycles. The van der Waals surface area contributed by atoms with Gasteiger partial charge in [-0.25, -0.2) is 4.68 Å². The Labute approximate surface area is 169 Å². The van der Waals surface area contributed by atoms with E-state index in [1.807, 2.05) is 6.07 Å². The molecule has 0 atom stereocenters. The molecule has 0 fully saturated rings. The van der Waals surface area contributed by atoms with Crippen LogP contribution in [-0.4, -0.2) is 28.1 Å². The molecule has 0 bridgehead atoms. The minimum Gasteiger partial charge on any atom is -0.463 e. The number of rotatable bonds is 5. The third-order valence-electron chi connectivity index (χ3n) is 3.81. The van der Waals surface area contributed by atoms with Crippen LogP contribution in [-0.2, 0) is 16.1 Å². The second-order valence-electron chi connectivity index (χ2n) is 5.77. The largest absolute Gasteiger partial charge is 0.463 e. The summed E-state index contributed by atoms with van der Waals surface area (Å²) in [6.45, 7) is 0.0361. The number of nitrogens with one attached hydrogen (secondary N) is 2. The zero-order chi connectivity index (χ0) is 20.8. The lowest BCUT2D eigenvalue weighted by molar-refractivity contribution is -0.136. The van der Waals surface area contributed by atoms with Crippen molar-refractivity contribution in [3.8, 4) is 17.5 Å². The van der Waals surface area contributed by atoms with Gasteiger partial charge in [-0.3, -0.25) is 14.4 Å². The van der Waals surface area contributed by atoms with Gasteiger partial charge in [-0.05, 0) is 36.4 Å². The molecule has 0 aliphatic heterocycles. The van der Waals surface area contributed by atoms with Crippen LogP contribution >= 0.6 is 11.6 Å². The van der Waals surface area contributed by atoms with E-state index in [0.717, 1.165) is 4.68 Å². The van der Waals surface area contributed by atoms with Gasteiger partial charge in [0.05, 0.1) is 24.1 Å². The van der Waals surface area contributed by atoms with Crippen LogP contribution in [0.2, 0.25) is 5.02 Å². The van der Waals surface area contributed by atoms with Crippen molar-refractivity contribution in [2.75, 3.05) is 11.9 Å². The van der Waals surface area contributed by atoms with E-state index in [9.17, 15) is 14.4 Å². The molecule has 0 aliphatic rings. The summed E-state index contributed by atoms with van der Waals surface area (Å²) < 4.78 is 6.39. The van der Waals surface area contributed by atoms with E-state index >= 15 is 0 Å². The summed E-state index contributed by atoms with van der Waals surface area (Å²) in [5, 5.41) is 18.3. The van der Waals surface area contributed by atoms with Gasteiger partial charge in [-0.2, -0.15) is 10.4 Å². The van der Waals surface area contributed by atoms with Crippen LogP contribution in [0, 0.1) is 11.3 Å². The summed E-state index contributed by atoms with van der Waals surface area (Å²) in [5.41, 5.74) is 0.394. The molecule has 0 saturated heterocycles. The monoisotopic (exact) mass is 411 g/mol. The molecule has 10 heteroatoms. The zero-order valence-electron chi connectivity index (χ0n) is 14.9. The first-order valence-electron chi connectivity index (χ1n) is 8.39. The van der Waals surface area contributed by atoms with Gasteiger partial charge in [0, 0.05) is 17.6 Å². The fourth-order valence-corrected chi connectivity index (χ4v) is 2.59. The quantitative estimate of drug-likeness (QED) is 0.615. The third-order valence-corrected chi connectivity index (χ3v) is 4.04. The van der Waals surface area contributed by atoms with Crippen LogP contribution in [0.3, 0.4) is 0 Å². The van der Waals surface area contributed by atoms with E-state index in [1.54, 1.807) is 12.1 Å². The third kappa shape index (κ3) is 4.88. The maximum atomic E-state index is 12.0. The number of nitrogens with zero attached hydrogens (tertiary/aromatic N) is 3. The van der Waals surface area contributed by atoms with Crippen LogP contribution in [0.1, 0.15) is 5.56 Å². The van der Waals surface area contributed by atoms with Crippen LogP contribution in [0.15, 0.2) is 57.9 Å². The Bertz CT molecular complexity index is 1150. The van der Waals surface area contributed by atoms with Gasteiger partial charge in [0.1, 0.15) is 11.8 Å². The zero-order valence-corrected chi connectivity index (χ0v) is 15.6. The standard InChI is InChI=1S/C19H14ClN5O4/c20-13-4-3-12(11-21)15(10-13)23-19(28)18(27)22-7-8-25-17(26)6-5-14(24-25)16-2-1-9-29-16/h1-6,9-10H,7-8H2,(H,22,27)(H,23,28). The first-order valence-corrected chi connectivity index (χ1v) is 8.76. The molecule has 146 valence electrons. The lowest BCUT2D eigenvalue weighted by Crippen LogP contribution is -2.38. The van der Waals surface area contributed by atoms with Crippen LogP contribution in [0.5, 0.6) is 0 Å². The lowest BCUT2D eigenvalue weighted by atomic mass is 10.2. The number of furan rings is 1. The predicted octanol–water partition coefficient (Wildman–Crippen LogP) is 1.78. The number of hydrogen-bond acceptors (Lipinski definition) is 6. The number of hydrogen-bond donors (Lipinski definition) is 2. The van der Waals surface area contributed by atoms with Gasteiger partial charge in [-0.15, -0.1) is 0 Å². The summed E-state index contributed by atoms with van der Waals surface area (Å²) >= 11 is 5.85. The molecule has 3 aromatic rings. The average molecular weight is 412 g/mol. The van der Waals surface area contributed by atoms with Gasteiger partial charge in [0.25, 0.3) is 5.56 Å². The summed E-state index contributed by atoms with van der Waals surface area (Å²) in [6.07, 6.45) is 1.49. The van der Waals surface area contributed by atoms with E-state index in [2.05, 4.69) is 15.7 Å². The summed E-state index contributed by atoms with van der Waals surface area (Å²) in [7, 11) is 0. The molecule has 0 radical (unpaired) electrons. The van der Waals surface area contributed by atoms with Crippen molar-refractivity contribution in [2.45, 2.75) is 6.54 Å². The number of carbonyl (C=O) groups excluding carboxylic acids is 2. The molecule has 0 aliphatic carbocycles. The number of carbonyl (C=O) groups is 2. The maximum Gasteiger partial charge on any atom is 0.313 e. The van der Waals surface area contributed by atoms with Crippen LogP contribution < -0.4 is 16.2 Å². The maximum absolute atomic E-state index is 12.0. The van der Waals surface area contributed by atoms with E-state index < -0.39 is 11.8 Å². The van der Waals surface area contributed by atoms with Crippen molar-refractivity contribution in [3.05, 3.63) is 69.7 Å². The molecule has 2 N–H and O–H groups in total. The first-order chi connectivity index (χ1) is 14.0. The number of nitriles is 1. The molecule has 0 saturated carbocycles. The van der Waals surface area contributed by atoms with Gasteiger partial charge >= 0.3 is 11.8 Å². The van der Waals surface area contributed by atoms with E-state index in [-0.39, 0.29) is 29.9 Å². The molecule has 0 unspecified atom stereocenters. The van der Waals surface area contributed by atoms with E-state index in [0.29, 0.717) is 16.5 Å². The van der Waals surface area contributed by atoms with Gasteiger partial charge in [0.15, 0.2) is 5.76 Å². The smallest absolute Gasteiger partial charge is 0.313 e.